The Morgan fingerprint density at radius 1 is 0.520 bits per heavy atom. The first kappa shape index (κ1) is 38.3. The molecule has 0 aliphatic heterocycles. The van der Waals surface area contributed by atoms with E-state index in [1.165, 1.54) is 21.6 Å². The zero-order chi connectivity index (χ0) is 35.9. The van der Waals surface area contributed by atoms with E-state index in [1.54, 1.807) is 24.3 Å². The minimum atomic E-state index is -0.820. The van der Waals surface area contributed by atoms with Gasteiger partial charge in [0.15, 0.2) is 0 Å². The van der Waals surface area contributed by atoms with E-state index < -0.39 is 35.8 Å². The van der Waals surface area contributed by atoms with Crippen molar-refractivity contribution in [2.45, 2.75) is 75.6 Å². The number of carbonyl (C=O) groups is 4. The number of benzene rings is 4. The van der Waals surface area contributed by atoms with Crippen LogP contribution in [0.1, 0.15) is 72.4 Å². The van der Waals surface area contributed by atoms with E-state index in [9.17, 15) is 19.2 Å². The van der Waals surface area contributed by atoms with E-state index in [0.29, 0.717) is 33.8 Å². The van der Waals surface area contributed by atoms with E-state index in [-0.39, 0.29) is 25.0 Å². The molecule has 4 aromatic carbocycles. The van der Waals surface area contributed by atoms with Crippen LogP contribution in [0.4, 0.5) is 0 Å². The van der Waals surface area contributed by atoms with Crippen LogP contribution in [0.25, 0.3) is 0 Å². The van der Waals surface area contributed by atoms with Gasteiger partial charge in [0, 0.05) is 9.79 Å². The van der Waals surface area contributed by atoms with Gasteiger partial charge in [-0.2, -0.15) is 0 Å². The fourth-order valence-corrected chi connectivity index (χ4v) is 7.40. The second kappa shape index (κ2) is 19.6. The van der Waals surface area contributed by atoms with E-state index in [4.69, 9.17) is 9.47 Å². The topological polar surface area (TPSA) is 111 Å². The Bertz CT molecular complexity index is 1590. The Morgan fingerprint density at radius 2 is 0.860 bits per heavy atom. The molecule has 2 N–H and O–H groups in total. The lowest BCUT2D eigenvalue weighted by Crippen LogP contribution is -2.42. The van der Waals surface area contributed by atoms with E-state index in [1.807, 2.05) is 113 Å². The molecule has 0 spiro atoms. The lowest BCUT2D eigenvalue weighted by molar-refractivity contribution is -0.148. The second-order valence-electron chi connectivity index (χ2n) is 12.7. The van der Waals surface area contributed by atoms with Crippen LogP contribution in [0.3, 0.4) is 0 Å². The monoisotopic (exact) mass is 712 g/mol. The SMILES string of the molecule is CC(C)C[C@H](NC(=O)c1ccccc1SSc1ccccc1C(=O)N[C@@H](CC(C)C)C(=O)OCc1ccccc1)C(=O)OCc1ccccc1. The van der Waals surface area contributed by atoms with Crippen LogP contribution in [0.5, 0.6) is 0 Å². The summed E-state index contributed by atoms with van der Waals surface area (Å²) in [5.41, 5.74) is 2.52. The molecule has 0 radical (unpaired) electrons. The second-order valence-corrected chi connectivity index (χ2v) is 14.9. The number of nitrogens with one attached hydrogen (secondary N) is 2. The van der Waals surface area contributed by atoms with Gasteiger partial charge >= 0.3 is 11.9 Å². The Hall–Kier alpha value is -4.54. The summed E-state index contributed by atoms with van der Waals surface area (Å²) in [4.78, 5) is 54.7. The maximum absolute atomic E-state index is 13.6. The van der Waals surface area contributed by atoms with Crippen LogP contribution in [0.15, 0.2) is 119 Å². The van der Waals surface area contributed by atoms with Gasteiger partial charge in [-0.25, -0.2) is 9.59 Å². The molecule has 8 nitrogen and oxygen atoms in total. The lowest BCUT2D eigenvalue weighted by atomic mass is 10.0. The van der Waals surface area contributed by atoms with Crippen molar-refractivity contribution in [1.82, 2.24) is 10.6 Å². The van der Waals surface area contributed by atoms with Crippen molar-refractivity contribution in [3.8, 4) is 0 Å². The molecule has 0 unspecified atom stereocenters. The number of esters is 2. The van der Waals surface area contributed by atoms with Crippen LogP contribution in [-0.4, -0.2) is 35.8 Å². The molecule has 0 saturated carbocycles. The van der Waals surface area contributed by atoms with E-state index in [2.05, 4.69) is 10.6 Å². The number of hydrogen-bond donors (Lipinski definition) is 2. The van der Waals surface area contributed by atoms with Gasteiger partial charge in [0.05, 0.1) is 11.1 Å². The third kappa shape index (κ3) is 12.1. The van der Waals surface area contributed by atoms with Gasteiger partial charge in [-0.15, -0.1) is 0 Å². The minimum absolute atomic E-state index is 0.118. The molecule has 0 heterocycles. The van der Waals surface area contributed by atoms with Crippen molar-refractivity contribution in [3.05, 3.63) is 131 Å². The Morgan fingerprint density at radius 3 is 1.22 bits per heavy atom. The molecule has 2 amide bonds. The normalized spacial score (nSPS) is 12.2. The molecule has 0 bridgehead atoms. The highest BCUT2D eigenvalue weighted by atomic mass is 33.1. The van der Waals surface area contributed by atoms with Crippen LogP contribution in [-0.2, 0) is 32.3 Å². The molecule has 0 fully saturated rings. The highest BCUT2D eigenvalue weighted by Gasteiger charge is 2.27. The maximum atomic E-state index is 13.6. The third-order valence-corrected chi connectivity index (χ3v) is 10.0. The first-order valence-corrected chi connectivity index (χ1v) is 18.8. The summed E-state index contributed by atoms with van der Waals surface area (Å²) >= 11 is 0. The molecular formula is C40H44N2O6S2. The van der Waals surface area contributed by atoms with E-state index >= 15 is 0 Å². The molecule has 2 atom stereocenters. The van der Waals surface area contributed by atoms with Gasteiger partial charge in [-0.1, -0.05) is 134 Å². The van der Waals surface area contributed by atoms with Crippen molar-refractivity contribution in [2.75, 3.05) is 0 Å². The smallest absolute Gasteiger partial charge is 0.328 e. The number of amides is 2. The van der Waals surface area contributed by atoms with E-state index in [0.717, 1.165) is 11.1 Å². The number of ether oxygens (including phenoxy) is 2. The molecule has 50 heavy (non-hydrogen) atoms. The highest BCUT2D eigenvalue weighted by Crippen LogP contribution is 2.40. The first-order chi connectivity index (χ1) is 24.1. The summed E-state index contributed by atoms with van der Waals surface area (Å²) in [5.74, 6) is -1.50. The van der Waals surface area contributed by atoms with Crippen molar-refractivity contribution < 1.29 is 28.7 Å². The van der Waals surface area contributed by atoms with Gasteiger partial charge in [-0.05, 0) is 60.1 Å². The number of rotatable bonds is 17. The first-order valence-electron chi connectivity index (χ1n) is 16.7. The third-order valence-electron chi connectivity index (χ3n) is 7.53. The van der Waals surface area contributed by atoms with Crippen LogP contribution < -0.4 is 10.6 Å². The fraction of sp³-hybridized carbons (Fsp3) is 0.300. The summed E-state index contributed by atoms with van der Waals surface area (Å²) in [6.45, 7) is 8.17. The number of hydrogen-bond acceptors (Lipinski definition) is 8. The Labute approximate surface area is 302 Å². The zero-order valence-corrected chi connectivity index (χ0v) is 30.4. The van der Waals surface area contributed by atoms with Gasteiger partial charge in [-0.3, -0.25) is 9.59 Å². The average Bonchev–Trinajstić information content (AvgIpc) is 3.12. The van der Waals surface area contributed by atoms with Crippen LogP contribution in [0.2, 0.25) is 0 Å². The summed E-state index contributed by atoms with van der Waals surface area (Å²) in [5, 5.41) is 5.79. The van der Waals surface area contributed by atoms with Gasteiger partial charge in [0.2, 0.25) is 0 Å². The summed E-state index contributed by atoms with van der Waals surface area (Å²) in [6, 6.07) is 31.4. The molecule has 4 aromatic rings. The highest BCUT2D eigenvalue weighted by molar-refractivity contribution is 8.76. The standard InChI is InChI=1S/C40H44N2O6S2/c1-27(2)23-33(39(45)47-25-29-15-7-5-8-16-29)41-37(43)31-19-11-13-21-35(31)49-50-36-22-14-12-20-32(36)38(44)42-34(24-28(3)4)40(46)48-26-30-17-9-6-10-18-30/h5-22,27-28,33-34H,23-26H2,1-4H3,(H,41,43)(H,42,44)/t33-,34-/m0/s1. The van der Waals surface area contributed by atoms with Gasteiger partial charge in [0.1, 0.15) is 25.3 Å². The minimum Gasteiger partial charge on any atom is -0.459 e. The molecule has 0 aromatic heterocycles. The Kier molecular flexibility index (Phi) is 15.0. The summed E-state index contributed by atoms with van der Waals surface area (Å²) in [7, 11) is 2.65. The maximum Gasteiger partial charge on any atom is 0.328 e. The van der Waals surface area contributed by atoms with Crippen LogP contribution >= 0.6 is 21.6 Å². The van der Waals surface area contributed by atoms with Crippen molar-refractivity contribution >= 4 is 45.3 Å². The molecular weight excluding hydrogens is 669 g/mol. The van der Waals surface area contributed by atoms with Crippen molar-refractivity contribution in [1.29, 1.82) is 0 Å². The molecule has 262 valence electrons. The van der Waals surface area contributed by atoms with Gasteiger partial charge < -0.3 is 20.1 Å². The number of carbonyl (C=O) groups excluding carboxylic acids is 4. The predicted octanol–water partition coefficient (Wildman–Crippen LogP) is 8.26. The van der Waals surface area contributed by atoms with Gasteiger partial charge in [0.25, 0.3) is 11.8 Å². The van der Waals surface area contributed by atoms with Crippen LogP contribution in [0, 0.1) is 11.8 Å². The zero-order valence-electron chi connectivity index (χ0n) is 28.8. The Balaban J connectivity index is 1.43. The average molecular weight is 713 g/mol. The molecule has 0 aliphatic carbocycles. The molecule has 0 saturated heterocycles. The molecule has 0 aliphatic rings. The molecule has 4 rings (SSSR count). The van der Waals surface area contributed by atoms with Crippen molar-refractivity contribution in [3.63, 3.8) is 0 Å². The largest absolute Gasteiger partial charge is 0.459 e. The predicted molar refractivity (Wildman–Crippen MR) is 198 cm³/mol. The van der Waals surface area contributed by atoms with Crippen molar-refractivity contribution in [2.24, 2.45) is 11.8 Å². The lowest BCUT2D eigenvalue weighted by Gasteiger charge is -2.21. The fourth-order valence-electron chi connectivity index (χ4n) is 5.05. The quantitative estimate of drug-likeness (QED) is 0.0832. The summed E-state index contributed by atoms with van der Waals surface area (Å²) < 4.78 is 11.1. The molecule has 10 heteroatoms. The summed E-state index contributed by atoms with van der Waals surface area (Å²) in [6.07, 6.45) is 0.840.